The minimum absolute atomic E-state index is 0.509. The van der Waals surface area contributed by atoms with Crippen LogP contribution < -0.4 is 5.32 Å². The highest BCUT2D eigenvalue weighted by molar-refractivity contribution is 6.31. The molecule has 8 nitrogen and oxygen atoms in total. The number of aromatic nitrogens is 2. The first kappa shape index (κ1) is 31.4. The summed E-state index contributed by atoms with van der Waals surface area (Å²) in [5.74, 6) is 0. The molecule has 2 N–H and O–H groups in total. The Kier molecular flexibility index (Phi) is 13.2. The molecule has 0 saturated carbocycles. The minimum Gasteiger partial charge on any atom is -0.465 e. The predicted octanol–water partition coefficient (Wildman–Crippen LogP) is 6.99. The Hall–Kier alpha value is -3.12. The van der Waals surface area contributed by atoms with Gasteiger partial charge in [-0.25, -0.2) is 4.79 Å². The Bertz CT molecular complexity index is 1260. The van der Waals surface area contributed by atoms with Gasteiger partial charge in [-0.15, -0.1) is 0 Å². The van der Waals surface area contributed by atoms with Crippen LogP contribution in [0, 0.1) is 11.3 Å². The Morgan fingerprint density at radius 3 is 2.45 bits per heavy atom. The monoisotopic (exact) mass is 567 g/mol. The number of fused-ring (bicyclic) bond motifs is 1. The van der Waals surface area contributed by atoms with Gasteiger partial charge in [0.15, 0.2) is 0 Å². The van der Waals surface area contributed by atoms with Crippen molar-refractivity contribution in [3.63, 3.8) is 0 Å². The van der Waals surface area contributed by atoms with Gasteiger partial charge in [0.05, 0.1) is 30.0 Å². The van der Waals surface area contributed by atoms with Crippen LogP contribution in [0.25, 0.3) is 22.2 Å². The molecule has 1 saturated heterocycles. The van der Waals surface area contributed by atoms with Crippen LogP contribution in [0.4, 0.5) is 4.79 Å². The fourth-order valence-corrected chi connectivity index (χ4v) is 5.11. The molecular formula is C31H42ClN5O3. The number of unbranched alkanes of at least 4 members (excludes halogenated alkanes) is 7. The van der Waals surface area contributed by atoms with E-state index in [-0.39, 0.29) is 0 Å². The molecule has 0 aliphatic carbocycles. The molecule has 2 aromatic heterocycles. The van der Waals surface area contributed by atoms with Crippen LogP contribution in [0.5, 0.6) is 0 Å². The van der Waals surface area contributed by atoms with Gasteiger partial charge in [-0.05, 0) is 42.8 Å². The lowest BCUT2D eigenvalue weighted by Crippen LogP contribution is -2.39. The SMILES string of the molecule is CCCCCCCCCCNCc1cncc(-c2c(C#N)c3ccc(Cl)cc3n2C)c1.O=C(O)N1CCOCC1. The summed E-state index contributed by atoms with van der Waals surface area (Å²) >= 11 is 6.18. The van der Waals surface area contributed by atoms with Gasteiger partial charge >= 0.3 is 6.09 Å². The molecule has 9 heteroatoms. The Balaban J connectivity index is 0.000000415. The fourth-order valence-electron chi connectivity index (χ4n) is 4.95. The number of carbonyl (C=O) groups is 1. The topological polar surface area (TPSA) is 103 Å². The van der Waals surface area contributed by atoms with Gasteiger partial charge in [0.1, 0.15) is 6.07 Å². The number of morpholine rings is 1. The second-order valence-corrected chi connectivity index (χ2v) is 10.6. The number of halogens is 1. The summed E-state index contributed by atoms with van der Waals surface area (Å²) in [6.45, 7) is 6.16. The van der Waals surface area contributed by atoms with Crippen LogP contribution in [0.1, 0.15) is 69.4 Å². The summed E-state index contributed by atoms with van der Waals surface area (Å²) < 4.78 is 6.98. The van der Waals surface area contributed by atoms with Crippen LogP contribution >= 0.6 is 11.6 Å². The number of benzene rings is 1. The molecule has 0 bridgehead atoms. The second kappa shape index (κ2) is 16.9. The average molecular weight is 568 g/mol. The number of nitrogens with zero attached hydrogens (tertiary/aromatic N) is 4. The van der Waals surface area contributed by atoms with E-state index in [1.807, 2.05) is 42.2 Å². The molecule has 1 aromatic carbocycles. The van der Waals surface area contributed by atoms with Gasteiger partial charge in [-0.1, -0.05) is 63.5 Å². The van der Waals surface area contributed by atoms with Crippen LogP contribution in [-0.4, -0.2) is 58.5 Å². The van der Waals surface area contributed by atoms with Crippen molar-refractivity contribution in [1.82, 2.24) is 19.8 Å². The number of hydrogen-bond acceptors (Lipinski definition) is 5. The molecule has 0 radical (unpaired) electrons. The molecule has 3 heterocycles. The van der Waals surface area contributed by atoms with Crippen molar-refractivity contribution in [2.24, 2.45) is 7.05 Å². The number of rotatable bonds is 12. The van der Waals surface area contributed by atoms with E-state index in [1.54, 1.807) is 0 Å². The van der Waals surface area contributed by atoms with Crippen molar-refractivity contribution in [2.75, 3.05) is 32.8 Å². The lowest BCUT2D eigenvalue weighted by molar-refractivity contribution is 0.0392. The highest BCUT2D eigenvalue weighted by atomic mass is 35.5. The molecule has 40 heavy (non-hydrogen) atoms. The number of nitriles is 1. The fraction of sp³-hybridized carbons (Fsp3) is 0.516. The molecule has 0 spiro atoms. The number of ether oxygens (including phenoxy) is 1. The number of nitrogens with one attached hydrogen (secondary N) is 1. The Labute approximate surface area is 242 Å². The molecule has 4 rings (SSSR count). The minimum atomic E-state index is -0.849. The van der Waals surface area contributed by atoms with E-state index in [4.69, 9.17) is 21.4 Å². The summed E-state index contributed by atoms with van der Waals surface area (Å²) in [5.41, 5.74) is 4.59. The maximum atomic E-state index is 10.2. The van der Waals surface area contributed by atoms with Crippen LogP contribution in [0.15, 0.2) is 36.7 Å². The zero-order chi connectivity index (χ0) is 28.7. The van der Waals surface area contributed by atoms with E-state index in [0.29, 0.717) is 36.9 Å². The number of aryl methyl sites for hydroxylation is 1. The molecule has 1 amide bonds. The largest absolute Gasteiger partial charge is 0.465 e. The van der Waals surface area contributed by atoms with E-state index in [2.05, 4.69) is 29.4 Å². The molecular weight excluding hydrogens is 526 g/mol. The van der Waals surface area contributed by atoms with E-state index >= 15 is 0 Å². The standard InChI is InChI=1S/C26H33ClN4.C5H9NO3/c1-3-4-5-6-7-8-9-10-13-29-17-20-14-21(19-30-18-20)26-24(16-28)23-12-11-22(27)15-25(23)31(26)2;7-5(8)6-1-3-9-4-2-6/h11-12,14-15,18-19,29H,3-10,13,17H2,1-2H3;1-4H2,(H,7,8). The van der Waals surface area contributed by atoms with Crippen LogP contribution in [0.3, 0.4) is 0 Å². The summed E-state index contributed by atoms with van der Waals surface area (Å²) in [6, 6.07) is 10.2. The normalized spacial score (nSPS) is 13.1. The van der Waals surface area contributed by atoms with Crippen molar-refractivity contribution in [2.45, 2.75) is 64.8 Å². The zero-order valence-electron chi connectivity index (χ0n) is 23.8. The third-order valence-electron chi connectivity index (χ3n) is 7.16. The summed E-state index contributed by atoms with van der Waals surface area (Å²) in [4.78, 5) is 16.0. The molecule has 1 aliphatic heterocycles. The first-order valence-corrected chi connectivity index (χ1v) is 14.7. The Morgan fingerprint density at radius 1 is 1.10 bits per heavy atom. The van der Waals surface area contributed by atoms with Crippen molar-refractivity contribution in [1.29, 1.82) is 5.26 Å². The van der Waals surface area contributed by atoms with E-state index in [1.165, 1.54) is 56.3 Å². The van der Waals surface area contributed by atoms with Gasteiger partial charge in [0.25, 0.3) is 0 Å². The molecule has 0 unspecified atom stereocenters. The van der Waals surface area contributed by atoms with E-state index in [9.17, 15) is 10.1 Å². The first-order chi connectivity index (χ1) is 19.5. The zero-order valence-corrected chi connectivity index (χ0v) is 24.6. The first-order valence-electron chi connectivity index (χ1n) is 14.3. The summed E-state index contributed by atoms with van der Waals surface area (Å²) in [6.07, 6.45) is 13.5. The number of pyridine rings is 1. The number of hydrogen-bond donors (Lipinski definition) is 2. The number of carboxylic acid groups (broad SMARTS) is 1. The summed E-state index contributed by atoms with van der Waals surface area (Å²) in [7, 11) is 1.97. The van der Waals surface area contributed by atoms with Crippen molar-refractivity contribution < 1.29 is 14.6 Å². The van der Waals surface area contributed by atoms with Crippen LogP contribution in [0.2, 0.25) is 5.02 Å². The molecule has 216 valence electrons. The third-order valence-corrected chi connectivity index (χ3v) is 7.40. The maximum absolute atomic E-state index is 10.2. The van der Waals surface area contributed by atoms with Gasteiger partial charge in [0, 0.05) is 55.0 Å². The van der Waals surface area contributed by atoms with Gasteiger partial charge in [-0.2, -0.15) is 5.26 Å². The van der Waals surface area contributed by atoms with E-state index in [0.717, 1.165) is 40.8 Å². The van der Waals surface area contributed by atoms with Crippen molar-refractivity contribution >= 4 is 28.6 Å². The lowest BCUT2D eigenvalue weighted by Gasteiger charge is -2.23. The molecule has 1 aliphatic rings. The molecule has 1 fully saturated rings. The third kappa shape index (κ3) is 9.22. The maximum Gasteiger partial charge on any atom is 0.407 e. The van der Waals surface area contributed by atoms with Crippen molar-refractivity contribution in [3.05, 3.63) is 52.8 Å². The summed E-state index contributed by atoms with van der Waals surface area (Å²) in [5, 5.41) is 23.3. The second-order valence-electron chi connectivity index (χ2n) is 10.2. The highest BCUT2D eigenvalue weighted by Gasteiger charge is 2.17. The smallest absolute Gasteiger partial charge is 0.407 e. The average Bonchev–Trinajstić information content (AvgIpc) is 3.25. The molecule has 3 aromatic rings. The predicted molar refractivity (Wildman–Crippen MR) is 161 cm³/mol. The lowest BCUT2D eigenvalue weighted by atomic mass is 10.1. The van der Waals surface area contributed by atoms with Crippen LogP contribution in [-0.2, 0) is 18.3 Å². The van der Waals surface area contributed by atoms with Gasteiger partial charge in [-0.3, -0.25) is 4.98 Å². The quantitative estimate of drug-likeness (QED) is 0.228. The molecule has 0 atom stereocenters. The van der Waals surface area contributed by atoms with Crippen molar-refractivity contribution in [3.8, 4) is 17.3 Å². The van der Waals surface area contributed by atoms with Gasteiger partial charge in [0.2, 0.25) is 0 Å². The number of amides is 1. The Morgan fingerprint density at radius 2 is 1.80 bits per heavy atom. The van der Waals surface area contributed by atoms with Gasteiger partial charge < -0.3 is 24.6 Å². The highest BCUT2D eigenvalue weighted by Crippen LogP contribution is 2.33. The van der Waals surface area contributed by atoms with E-state index < -0.39 is 6.09 Å².